The Morgan fingerprint density at radius 3 is 1.57 bits per heavy atom. The highest BCUT2D eigenvalue weighted by Gasteiger charge is 1.94. The Morgan fingerprint density at radius 1 is 1.07 bits per heavy atom. The Balaban J connectivity index is 0. The van der Waals surface area contributed by atoms with Crippen LogP contribution in [0.15, 0.2) is 0 Å². The van der Waals surface area contributed by atoms with Crippen LogP contribution in [-0.4, -0.2) is 49.3 Å². The maximum Gasteiger partial charge on any atom is 0.0661 e. The number of nitrogens with one attached hydrogen (secondary N) is 1. The van der Waals surface area contributed by atoms with Crippen molar-refractivity contribution in [2.45, 2.75) is 40.2 Å². The van der Waals surface area contributed by atoms with Gasteiger partial charge < -0.3 is 15.3 Å². The van der Waals surface area contributed by atoms with E-state index in [0.29, 0.717) is 6.54 Å². The van der Waals surface area contributed by atoms with Gasteiger partial charge in [0.2, 0.25) is 0 Å². The second-order valence-corrected chi connectivity index (χ2v) is 3.24. The third-order valence-electron chi connectivity index (χ3n) is 2.25. The van der Waals surface area contributed by atoms with E-state index in [0.717, 1.165) is 6.42 Å². The van der Waals surface area contributed by atoms with E-state index < -0.39 is 0 Å². The first-order valence-electron chi connectivity index (χ1n) is 5.71. The third kappa shape index (κ3) is 11.9. The van der Waals surface area contributed by atoms with E-state index in [-0.39, 0.29) is 6.10 Å². The van der Waals surface area contributed by atoms with Gasteiger partial charge in [0, 0.05) is 6.54 Å². The van der Waals surface area contributed by atoms with E-state index in [1.165, 1.54) is 19.6 Å². The maximum absolute atomic E-state index is 8.80. The van der Waals surface area contributed by atoms with Gasteiger partial charge in [0.1, 0.15) is 0 Å². The maximum atomic E-state index is 8.80. The van der Waals surface area contributed by atoms with Crippen LogP contribution < -0.4 is 5.32 Å². The van der Waals surface area contributed by atoms with Crippen molar-refractivity contribution < 1.29 is 5.11 Å². The lowest BCUT2D eigenvalue weighted by atomic mass is 10.3. The molecule has 0 aliphatic rings. The Morgan fingerprint density at radius 2 is 1.50 bits per heavy atom. The molecule has 0 rings (SSSR count). The minimum Gasteiger partial charge on any atom is -0.392 e. The minimum atomic E-state index is -0.162. The van der Waals surface area contributed by atoms with Gasteiger partial charge in [-0.15, -0.1) is 0 Å². The second-order valence-electron chi connectivity index (χ2n) is 3.24. The number of nitrogens with zero attached hydrogens (tertiary/aromatic N) is 1. The highest BCUT2D eigenvalue weighted by atomic mass is 16.3. The van der Waals surface area contributed by atoms with E-state index in [1.807, 2.05) is 14.0 Å². The molecule has 0 fully saturated rings. The number of aliphatic hydroxyl groups excluding tert-OH is 1. The number of hydrogen-bond donors (Lipinski definition) is 2. The molecule has 0 aromatic heterocycles. The van der Waals surface area contributed by atoms with Gasteiger partial charge in [-0.2, -0.15) is 0 Å². The molecule has 0 saturated carbocycles. The lowest BCUT2D eigenvalue weighted by Gasteiger charge is -2.13. The van der Waals surface area contributed by atoms with Crippen molar-refractivity contribution >= 4 is 0 Å². The summed E-state index contributed by atoms with van der Waals surface area (Å²) in [7, 11) is 1.83. The Bertz CT molecular complexity index is 89.8. The summed E-state index contributed by atoms with van der Waals surface area (Å²) in [5.41, 5.74) is 0. The largest absolute Gasteiger partial charge is 0.392 e. The molecule has 0 saturated heterocycles. The fraction of sp³-hybridized carbons (Fsp3) is 1.00. The monoisotopic (exact) mass is 204 g/mol. The van der Waals surface area contributed by atoms with Crippen molar-refractivity contribution in [3.05, 3.63) is 0 Å². The summed E-state index contributed by atoms with van der Waals surface area (Å²) in [5, 5.41) is 11.7. The molecule has 0 aliphatic heterocycles. The molecule has 0 radical (unpaired) electrons. The predicted molar refractivity (Wildman–Crippen MR) is 63.7 cm³/mol. The smallest absolute Gasteiger partial charge is 0.0661 e. The topological polar surface area (TPSA) is 35.5 Å². The lowest BCUT2D eigenvalue weighted by Crippen LogP contribution is -2.22. The zero-order chi connectivity index (χ0) is 11.4. The van der Waals surface area contributed by atoms with Crippen LogP contribution >= 0.6 is 0 Å². The number of rotatable bonds is 6. The van der Waals surface area contributed by atoms with E-state index >= 15 is 0 Å². The number of aliphatic hydroxyl groups is 1. The average Bonchev–Trinajstić information content (AvgIpc) is 2.22. The van der Waals surface area contributed by atoms with Crippen molar-refractivity contribution in [2.75, 3.05) is 33.2 Å². The molecule has 88 valence electrons. The predicted octanol–water partition coefficient (Wildman–Crippen LogP) is 1.32. The fourth-order valence-corrected chi connectivity index (χ4v) is 1.05. The third-order valence-corrected chi connectivity index (χ3v) is 2.25. The van der Waals surface area contributed by atoms with Crippen LogP contribution in [0.4, 0.5) is 0 Å². The van der Waals surface area contributed by atoms with Gasteiger partial charge in [0.25, 0.3) is 0 Å². The SMILES string of the molecule is CCC(O)CNC.CCN(CC)CC. The van der Waals surface area contributed by atoms with Crippen molar-refractivity contribution in [3.8, 4) is 0 Å². The summed E-state index contributed by atoms with van der Waals surface area (Å²) in [5.74, 6) is 0. The first-order valence-corrected chi connectivity index (χ1v) is 5.71. The van der Waals surface area contributed by atoms with Gasteiger partial charge in [-0.1, -0.05) is 27.7 Å². The molecule has 14 heavy (non-hydrogen) atoms. The molecule has 0 aromatic carbocycles. The van der Waals surface area contributed by atoms with Gasteiger partial charge in [-0.3, -0.25) is 0 Å². The summed E-state index contributed by atoms with van der Waals surface area (Å²) < 4.78 is 0. The highest BCUT2D eigenvalue weighted by Crippen LogP contribution is 1.83. The molecular formula is C11H28N2O. The molecule has 3 heteroatoms. The Labute approximate surface area is 89.5 Å². The van der Waals surface area contributed by atoms with Crippen LogP contribution in [0.5, 0.6) is 0 Å². The van der Waals surface area contributed by atoms with Gasteiger partial charge >= 0.3 is 0 Å². The Kier molecular flexibility index (Phi) is 15.0. The van der Waals surface area contributed by atoms with E-state index in [9.17, 15) is 0 Å². The van der Waals surface area contributed by atoms with E-state index in [4.69, 9.17) is 5.11 Å². The molecule has 0 aromatic rings. The molecule has 0 amide bonds. The molecule has 0 aliphatic carbocycles. The number of likely N-dealkylation sites (N-methyl/N-ethyl adjacent to an activating group) is 1. The van der Waals surface area contributed by atoms with E-state index in [1.54, 1.807) is 0 Å². The number of hydrogen-bond acceptors (Lipinski definition) is 3. The van der Waals surface area contributed by atoms with Gasteiger partial charge in [-0.05, 0) is 33.1 Å². The summed E-state index contributed by atoms with van der Waals surface area (Å²) in [4.78, 5) is 2.38. The van der Waals surface area contributed by atoms with Crippen molar-refractivity contribution in [1.82, 2.24) is 10.2 Å². The zero-order valence-electron chi connectivity index (χ0n) is 10.5. The van der Waals surface area contributed by atoms with Crippen LogP contribution in [0.2, 0.25) is 0 Å². The molecule has 2 N–H and O–H groups in total. The van der Waals surface area contributed by atoms with Crippen LogP contribution in [0.3, 0.4) is 0 Å². The molecule has 1 unspecified atom stereocenters. The molecular weight excluding hydrogens is 176 g/mol. The average molecular weight is 204 g/mol. The van der Waals surface area contributed by atoms with Crippen molar-refractivity contribution in [2.24, 2.45) is 0 Å². The molecule has 0 bridgehead atoms. The zero-order valence-corrected chi connectivity index (χ0v) is 10.5. The van der Waals surface area contributed by atoms with Gasteiger partial charge in [-0.25, -0.2) is 0 Å². The summed E-state index contributed by atoms with van der Waals surface area (Å²) in [6, 6.07) is 0. The van der Waals surface area contributed by atoms with Crippen LogP contribution in [0, 0.1) is 0 Å². The van der Waals surface area contributed by atoms with Crippen LogP contribution in [0.1, 0.15) is 34.1 Å². The minimum absolute atomic E-state index is 0.162. The summed E-state index contributed by atoms with van der Waals surface area (Å²) in [6.07, 6.45) is 0.672. The molecule has 1 atom stereocenters. The quantitative estimate of drug-likeness (QED) is 0.685. The molecule has 3 nitrogen and oxygen atoms in total. The van der Waals surface area contributed by atoms with Crippen molar-refractivity contribution in [3.63, 3.8) is 0 Å². The van der Waals surface area contributed by atoms with E-state index in [2.05, 4.69) is 31.0 Å². The summed E-state index contributed by atoms with van der Waals surface area (Å²) >= 11 is 0. The summed E-state index contributed by atoms with van der Waals surface area (Å²) in [6.45, 7) is 12.8. The standard InChI is InChI=1S/C6H15N.C5H13NO/c1-4-7(5-2)6-3;1-3-5(7)4-6-2/h4-6H2,1-3H3;5-7H,3-4H2,1-2H3. The lowest BCUT2D eigenvalue weighted by molar-refractivity contribution is 0.170. The first-order chi connectivity index (χ1) is 6.65. The van der Waals surface area contributed by atoms with Crippen LogP contribution in [0.25, 0.3) is 0 Å². The van der Waals surface area contributed by atoms with Crippen molar-refractivity contribution in [1.29, 1.82) is 0 Å². The van der Waals surface area contributed by atoms with Crippen LogP contribution in [-0.2, 0) is 0 Å². The van der Waals surface area contributed by atoms with Gasteiger partial charge in [0.05, 0.1) is 6.10 Å². The fourth-order valence-electron chi connectivity index (χ4n) is 1.05. The highest BCUT2D eigenvalue weighted by molar-refractivity contribution is 4.51. The Hall–Kier alpha value is -0.120. The van der Waals surface area contributed by atoms with Gasteiger partial charge in [0.15, 0.2) is 0 Å². The molecule has 0 heterocycles. The first kappa shape index (κ1) is 16.3. The normalized spacial score (nSPS) is 12.2. The second kappa shape index (κ2) is 12.9. The molecule has 0 spiro atoms.